The molecule has 2 atom stereocenters. The lowest BCUT2D eigenvalue weighted by atomic mass is 10.1. The molecule has 7 nitrogen and oxygen atoms in total. The van der Waals surface area contributed by atoms with Crippen LogP contribution in [0.1, 0.15) is 32.2 Å². The number of carbonyl (C=O) groups is 1. The number of hydrogen-bond donors (Lipinski definition) is 2. The van der Waals surface area contributed by atoms with Crippen molar-refractivity contribution in [3.05, 3.63) is 29.3 Å². The third kappa shape index (κ3) is 4.68. The number of halogens is 2. The van der Waals surface area contributed by atoms with Gasteiger partial charge >= 0.3 is 0 Å². The molecular weight excluding hydrogens is 363 g/mol. The number of nitrogens with zero attached hydrogens (tertiary/aromatic N) is 4. The molecule has 0 radical (unpaired) electrons. The maximum atomic E-state index is 12.6. The molecule has 0 spiro atoms. The van der Waals surface area contributed by atoms with Crippen molar-refractivity contribution in [1.29, 1.82) is 0 Å². The van der Waals surface area contributed by atoms with Gasteiger partial charge in [-0.2, -0.15) is 4.80 Å². The van der Waals surface area contributed by atoms with E-state index in [0.717, 1.165) is 18.4 Å². The molecule has 9 heteroatoms. The maximum Gasteiger partial charge on any atom is 0.247 e. The number of tetrazole rings is 1. The zero-order chi connectivity index (χ0) is 17.1. The number of amides is 1. The molecule has 0 saturated heterocycles. The number of nitrogens with two attached hydrogens (primary N) is 1. The van der Waals surface area contributed by atoms with Gasteiger partial charge in [0.05, 0.1) is 0 Å². The number of nitrogens with one attached hydrogen (secondary N) is 1. The highest BCUT2D eigenvalue weighted by Gasteiger charge is 2.33. The van der Waals surface area contributed by atoms with Crippen LogP contribution >= 0.6 is 24.0 Å². The fourth-order valence-corrected chi connectivity index (χ4v) is 2.80. The Morgan fingerprint density at radius 3 is 2.64 bits per heavy atom. The largest absolute Gasteiger partial charge is 0.350 e. The van der Waals surface area contributed by atoms with Gasteiger partial charge in [0, 0.05) is 23.2 Å². The number of rotatable bonds is 7. The van der Waals surface area contributed by atoms with Crippen molar-refractivity contribution in [3.63, 3.8) is 0 Å². The minimum atomic E-state index is -0.494. The third-order valence-electron chi connectivity index (χ3n) is 4.27. The number of carbonyl (C=O) groups excluding carboxylic acids is 1. The van der Waals surface area contributed by atoms with E-state index in [1.54, 1.807) is 12.1 Å². The summed E-state index contributed by atoms with van der Waals surface area (Å²) in [6.45, 7) is 2.37. The summed E-state index contributed by atoms with van der Waals surface area (Å²) in [4.78, 5) is 13.9. The van der Waals surface area contributed by atoms with Crippen LogP contribution in [0.5, 0.6) is 0 Å². The van der Waals surface area contributed by atoms with Crippen LogP contribution in [0, 0.1) is 5.92 Å². The van der Waals surface area contributed by atoms with Crippen LogP contribution in [-0.2, 0) is 4.79 Å². The Labute approximate surface area is 157 Å². The monoisotopic (exact) mass is 384 g/mol. The van der Waals surface area contributed by atoms with Gasteiger partial charge in [-0.15, -0.1) is 22.6 Å². The Hall–Kier alpha value is -1.70. The third-order valence-corrected chi connectivity index (χ3v) is 4.52. The first kappa shape index (κ1) is 19.6. The van der Waals surface area contributed by atoms with E-state index in [-0.39, 0.29) is 24.4 Å². The smallest absolute Gasteiger partial charge is 0.247 e. The lowest BCUT2D eigenvalue weighted by Crippen LogP contribution is -2.45. The normalized spacial score (nSPS) is 16.0. The predicted molar refractivity (Wildman–Crippen MR) is 98.5 cm³/mol. The highest BCUT2D eigenvalue weighted by molar-refractivity contribution is 6.30. The van der Waals surface area contributed by atoms with Crippen molar-refractivity contribution >= 4 is 29.9 Å². The van der Waals surface area contributed by atoms with Gasteiger partial charge in [0.2, 0.25) is 11.7 Å². The number of benzene rings is 1. The Bertz CT molecular complexity index is 701. The summed E-state index contributed by atoms with van der Waals surface area (Å²) in [5, 5.41) is 16.1. The molecule has 3 N–H and O–H groups in total. The first-order valence-electron chi connectivity index (χ1n) is 8.18. The Morgan fingerprint density at radius 1 is 1.40 bits per heavy atom. The second kappa shape index (κ2) is 8.60. The van der Waals surface area contributed by atoms with E-state index in [1.807, 2.05) is 19.1 Å². The summed E-state index contributed by atoms with van der Waals surface area (Å²) in [5.74, 6) is 0.861. The molecule has 1 saturated carbocycles. The predicted octanol–water partition coefficient (Wildman–Crippen LogP) is 2.22. The molecule has 0 bridgehead atoms. The van der Waals surface area contributed by atoms with Crippen LogP contribution in [0.3, 0.4) is 0 Å². The van der Waals surface area contributed by atoms with E-state index >= 15 is 0 Å². The van der Waals surface area contributed by atoms with E-state index in [9.17, 15) is 4.79 Å². The Morgan fingerprint density at radius 2 is 2.08 bits per heavy atom. The minimum Gasteiger partial charge on any atom is -0.350 e. The quantitative estimate of drug-likeness (QED) is 0.762. The molecule has 1 aromatic carbocycles. The summed E-state index contributed by atoms with van der Waals surface area (Å²) in [7, 11) is 0. The van der Waals surface area contributed by atoms with Crippen LogP contribution < -0.4 is 11.1 Å². The first-order valence-corrected chi connectivity index (χ1v) is 8.56. The van der Waals surface area contributed by atoms with E-state index in [4.69, 9.17) is 17.3 Å². The summed E-state index contributed by atoms with van der Waals surface area (Å²) >= 11 is 5.89. The van der Waals surface area contributed by atoms with Crippen molar-refractivity contribution < 1.29 is 4.79 Å². The Kier molecular flexibility index (Phi) is 6.75. The van der Waals surface area contributed by atoms with Crippen LogP contribution in [0.15, 0.2) is 24.3 Å². The molecule has 3 rings (SSSR count). The fraction of sp³-hybridized carbons (Fsp3) is 0.500. The highest BCUT2D eigenvalue weighted by Crippen LogP contribution is 2.32. The zero-order valence-electron chi connectivity index (χ0n) is 13.9. The van der Waals surface area contributed by atoms with E-state index in [0.29, 0.717) is 29.7 Å². The average molecular weight is 385 g/mol. The molecule has 0 aliphatic heterocycles. The van der Waals surface area contributed by atoms with Crippen molar-refractivity contribution in [3.8, 4) is 11.4 Å². The fourth-order valence-electron chi connectivity index (χ4n) is 2.67. The van der Waals surface area contributed by atoms with E-state index in [2.05, 4.69) is 20.7 Å². The number of aromatic nitrogens is 4. The lowest BCUT2D eigenvalue weighted by molar-refractivity contribution is -0.125. The van der Waals surface area contributed by atoms with Gasteiger partial charge in [0.25, 0.3) is 0 Å². The molecule has 2 unspecified atom stereocenters. The molecule has 1 aromatic heterocycles. The first-order chi connectivity index (χ1) is 11.6. The molecule has 25 heavy (non-hydrogen) atoms. The van der Waals surface area contributed by atoms with Gasteiger partial charge in [-0.25, -0.2) is 0 Å². The molecule has 2 aromatic rings. The molecular formula is C16H22Cl2N6O. The molecule has 136 valence electrons. The molecule has 1 amide bonds. The van der Waals surface area contributed by atoms with Gasteiger partial charge in [-0.1, -0.05) is 18.5 Å². The second-order valence-corrected chi connectivity index (χ2v) is 6.49. The summed E-state index contributed by atoms with van der Waals surface area (Å²) in [6, 6.07) is 6.72. The van der Waals surface area contributed by atoms with Gasteiger partial charge in [-0.05, 0) is 54.7 Å². The van der Waals surface area contributed by atoms with Crippen LogP contribution in [0.2, 0.25) is 5.02 Å². The molecule has 1 heterocycles. The lowest BCUT2D eigenvalue weighted by Gasteiger charge is -2.20. The second-order valence-electron chi connectivity index (χ2n) is 6.05. The summed E-state index contributed by atoms with van der Waals surface area (Å²) in [6.07, 6.45) is 2.83. The highest BCUT2D eigenvalue weighted by atomic mass is 35.5. The average Bonchev–Trinajstić information content (AvgIpc) is 3.32. The Balaban J connectivity index is 0.00000225. The maximum absolute atomic E-state index is 12.6. The van der Waals surface area contributed by atoms with E-state index < -0.39 is 6.04 Å². The van der Waals surface area contributed by atoms with Crippen molar-refractivity contribution in [2.75, 3.05) is 6.54 Å². The molecule has 1 aliphatic rings. The SMILES string of the molecule is CCC(C(=O)NC(CN)C1CC1)n1nnc(-c2ccc(Cl)cc2)n1.Cl. The minimum absolute atomic E-state index is 0. The van der Waals surface area contributed by atoms with Gasteiger partial charge < -0.3 is 11.1 Å². The number of hydrogen-bond acceptors (Lipinski definition) is 5. The van der Waals surface area contributed by atoms with Gasteiger partial charge in [0.1, 0.15) is 0 Å². The van der Waals surface area contributed by atoms with E-state index in [1.165, 1.54) is 4.80 Å². The summed E-state index contributed by atoms with van der Waals surface area (Å²) < 4.78 is 0. The van der Waals surface area contributed by atoms with Crippen LogP contribution in [0.4, 0.5) is 0 Å². The summed E-state index contributed by atoms with van der Waals surface area (Å²) in [5.41, 5.74) is 6.56. The van der Waals surface area contributed by atoms with Crippen molar-refractivity contribution in [2.45, 2.75) is 38.3 Å². The van der Waals surface area contributed by atoms with Crippen molar-refractivity contribution in [2.24, 2.45) is 11.7 Å². The standard InChI is InChI=1S/C16H21ClN6O.ClH/c1-2-14(16(24)19-13(9-18)10-3-4-10)23-21-15(20-22-23)11-5-7-12(17)8-6-11;/h5-8,10,13-14H,2-4,9,18H2,1H3,(H,19,24);1H. The topological polar surface area (TPSA) is 98.7 Å². The van der Waals surface area contributed by atoms with Crippen LogP contribution in [0.25, 0.3) is 11.4 Å². The van der Waals surface area contributed by atoms with Crippen LogP contribution in [-0.4, -0.2) is 38.7 Å². The zero-order valence-corrected chi connectivity index (χ0v) is 15.5. The van der Waals surface area contributed by atoms with Gasteiger partial charge in [-0.3, -0.25) is 4.79 Å². The molecule has 1 aliphatic carbocycles. The van der Waals surface area contributed by atoms with Gasteiger partial charge in [0.15, 0.2) is 6.04 Å². The molecule has 1 fully saturated rings. The van der Waals surface area contributed by atoms with Crippen molar-refractivity contribution in [1.82, 2.24) is 25.5 Å².